The van der Waals surface area contributed by atoms with Gasteiger partial charge < -0.3 is 0 Å². The maximum atomic E-state index is 2.46. The van der Waals surface area contributed by atoms with Gasteiger partial charge in [-0.25, -0.2) is 0 Å². The topological polar surface area (TPSA) is 0 Å². The van der Waals surface area contributed by atoms with Crippen LogP contribution in [0.3, 0.4) is 0 Å². The van der Waals surface area contributed by atoms with E-state index in [2.05, 4.69) is 52.8 Å². The molecule has 0 aromatic carbocycles. The average Bonchev–Trinajstić information content (AvgIpc) is 2.38. The second-order valence-corrected chi connectivity index (χ2v) is 8.55. The van der Waals surface area contributed by atoms with E-state index >= 15 is 0 Å². The zero-order valence-electron chi connectivity index (χ0n) is 9.76. The highest BCUT2D eigenvalue weighted by Gasteiger charge is 2.37. The molecule has 0 aromatic rings. The minimum atomic E-state index is -0.0442. The lowest BCUT2D eigenvalue weighted by molar-refractivity contribution is 0.788. The van der Waals surface area contributed by atoms with Crippen LogP contribution in [0.25, 0.3) is 0 Å². The molecule has 2 unspecified atom stereocenters. The largest absolute Gasteiger partial charge is 0.0702 e. The van der Waals surface area contributed by atoms with Gasteiger partial charge in [0, 0.05) is 5.92 Å². The maximum Gasteiger partial charge on any atom is 0.0218 e. The first kappa shape index (κ1) is 10.2. The summed E-state index contributed by atoms with van der Waals surface area (Å²) < 4.78 is 0. The van der Waals surface area contributed by atoms with Gasteiger partial charge in [0.15, 0.2) is 0 Å². The van der Waals surface area contributed by atoms with Gasteiger partial charge in [-0.05, 0) is 37.6 Å². The summed E-state index contributed by atoms with van der Waals surface area (Å²) in [6.45, 7) is 11.6. The smallest absolute Gasteiger partial charge is 0.0218 e. The molecule has 0 aromatic heterocycles. The number of hydrogen-bond acceptors (Lipinski definition) is 0. The van der Waals surface area contributed by atoms with Crippen molar-refractivity contribution in [1.82, 2.24) is 0 Å². The number of fused-ring (bicyclic) bond motifs is 1. The molecule has 2 atom stereocenters. The predicted molar refractivity (Wildman–Crippen MR) is 65.8 cm³/mol. The second kappa shape index (κ2) is 3.07. The normalized spacial score (nSPS) is 31.1. The molecule has 0 spiro atoms. The zero-order valence-corrected chi connectivity index (χ0v) is 10.7. The Labute approximate surface area is 88.5 Å². The maximum absolute atomic E-state index is 2.46. The van der Waals surface area contributed by atoms with Crippen LogP contribution < -0.4 is 0 Å². The molecule has 0 nitrogen and oxygen atoms in total. The summed E-state index contributed by atoms with van der Waals surface area (Å²) >= 11 is 0. The van der Waals surface area contributed by atoms with Crippen molar-refractivity contribution >= 4 is 7.92 Å². The van der Waals surface area contributed by atoms with E-state index in [0.29, 0.717) is 11.1 Å². The van der Waals surface area contributed by atoms with Crippen molar-refractivity contribution in [1.29, 1.82) is 0 Å². The monoisotopic (exact) mass is 206 g/mol. The molecule has 0 N–H and O–H groups in total. The molecule has 0 amide bonds. The van der Waals surface area contributed by atoms with Crippen molar-refractivity contribution in [2.75, 3.05) is 0 Å². The van der Waals surface area contributed by atoms with Crippen LogP contribution >= 0.6 is 7.92 Å². The molecule has 1 heteroatoms. The number of allylic oxidation sites excluding steroid dienone is 6. The summed E-state index contributed by atoms with van der Waals surface area (Å²) in [6, 6.07) is 0. The molecular formula is C13H19P. The Morgan fingerprint density at radius 1 is 1.14 bits per heavy atom. The Kier molecular flexibility index (Phi) is 2.23. The van der Waals surface area contributed by atoms with Crippen LogP contribution in [0.4, 0.5) is 0 Å². The Bertz CT molecular complexity index is 350. The zero-order chi connectivity index (χ0) is 10.5. The van der Waals surface area contributed by atoms with Crippen LogP contribution in [0.5, 0.6) is 0 Å². The van der Waals surface area contributed by atoms with Crippen molar-refractivity contribution in [2.24, 2.45) is 5.92 Å². The van der Waals surface area contributed by atoms with E-state index in [4.69, 9.17) is 0 Å². The summed E-state index contributed by atoms with van der Waals surface area (Å²) in [5, 5.41) is 3.73. The minimum absolute atomic E-state index is 0.0442. The third kappa shape index (κ3) is 1.50. The minimum Gasteiger partial charge on any atom is -0.0702 e. The third-order valence-electron chi connectivity index (χ3n) is 2.86. The molecule has 2 rings (SSSR count). The van der Waals surface area contributed by atoms with Gasteiger partial charge in [0.05, 0.1) is 0 Å². The van der Waals surface area contributed by atoms with Gasteiger partial charge in [0.1, 0.15) is 0 Å². The van der Waals surface area contributed by atoms with Crippen molar-refractivity contribution in [2.45, 2.75) is 39.8 Å². The fraction of sp³-hybridized carbons (Fsp3) is 0.538. The molecule has 0 radical (unpaired) electrons. The summed E-state index contributed by atoms with van der Waals surface area (Å²) in [4.78, 5) is 0. The van der Waals surface area contributed by atoms with Gasteiger partial charge in [0.2, 0.25) is 0 Å². The highest BCUT2D eigenvalue weighted by molar-refractivity contribution is 7.68. The third-order valence-corrected chi connectivity index (χ3v) is 6.00. The van der Waals surface area contributed by atoms with Crippen LogP contribution in [0.2, 0.25) is 0 Å². The SMILES string of the molecule is CC1=CC2C=C(C)P(C(C)(C)C)C2=C1. The lowest BCUT2D eigenvalue weighted by atomic mass is 10.1. The number of hydrogen-bond donors (Lipinski definition) is 0. The van der Waals surface area contributed by atoms with E-state index in [1.807, 2.05) is 0 Å². The first-order chi connectivity index (χ1) is 6.39. The van der Waals surface area contributed by atoms with Crippen molar-refractivity contribution in [3.05, 3.63) is 34.4 Å². The molecule has 0 bridgehead atoms. The van der Waals surface area contributed by atoms with Gasteiger partial charge in [-0.2, -0.15) is 0 Å². The van der Waals surface area contributed by atoms with E-state index in [1.54, 1.807) is 10.6 Å². The summed E-state index contributed by atoms with van der Waals surface area (Å²) in [5.74, 6) is 0.639. The van der Waals surface area contributed by atoms with E-state index < -0.39 is 0 Å². The molecule has 0 saturated carbocycles. The van der Waals surface area contributed by atoms with Crippen LogP contribution in [0, 0.1) is 5.92 Å². The fourth-order valence-electron chi connectivity index (χ4n) is 2.55. The van der Waals surface area contributed by atoms with E-state index in [-0.39, 0.29) is 7.92 Å². The fourth-order valence-corrected chi connectivity index (χ4v) is 5.88. The Morgan fingerprint density at radius 2 is 1.79 bits per heavy atom. The van der Waals surface area contributed by atoms with E-state index in [9.17, 15) is 0 Å². The highest BCUT2D eigenvalue weighted by atomic mass is 31.1. The van der Waals surface area contributed by atoms with Gasteiger partial charge >= 0.3 is 0 Å². The van der Waals surface area contributed by atoms with E-state index in [1.165, 1.54) is 5.57 Å². The molecule has 0 saturated heterocycles. The Morgan fingerprint density at radius 3 is 2.36 bits per heavy atom. The van der Waals surface area contributed by atoms with E-state index in [0.717, 1.165) is 0 Å². The standard InChI is InChI=1S/C13H19P/c1-9-6-11-8-10(2)14(12(11)7-9)13(3,4)5/h6-8,11H,1-5H3. The molecular weight excluding hydrogens is 187 g/mol. The van der Waals surface area contributed by atoms with Crippen molar-refractivity contribution in [3.63, 3.8) is 0 Å². The first-order valence-electron chi connectivity index (χ1n) is 5.28. The first-order valence-corrected chi connectivity index (χ1v) is 6.62. The van der Waals surface area contributed by atoms with Gasteiger partial charge in [-0.1, -0.05) is 44.6 Å². The summed E-state index contributed by atoms with van der Waals surface area (Å²) in [6.07, 6.45) is 7.26. The van der Waals surface area contributed by atoms with Gasteiger partial charge in [0.25, 0.3) is 0 Å². The van der Waals surface area contributed by atoms with Crippen molar-refractivity contribution in [3.8, 4) is 0 Å². The molecule has 14 heavy (non-hydrogen) atoms. The highest BCUT2D eigenvalue weighted by Crippen LogP contribution is 2.69. The molecule has 1 heterocycles. The summed E-state index contributed by atoms with van der Waals surface area (Å²) in [5.41, 5.74) is 1.45. The quantitative estimate of drug-likeness (QED) is 0.506. The average molecular weight is 206 g/mol. The summed E-state index contributed by atoms with van der Waals surface area (Å²) in [7, 11) is -0.0442. The molecule has 0 fully saturated rings. The Hall–Kier alpha value is -0.350. The molecule has 2 aliphatic rings. The van der Waals surface area contributed by atoms with Crippen LogP contribution in [-0.2, 0) is 0 Å². The molecule has 1 aliphatic carbocycles. The lowest BCUT2D eigenvalue weighted by Gasteiger charge is -2.30. The lowest BCUT2D eigenvalue weighted by Crippen LogP contribution is -2.11. The van der Waals surface area contributed by atoms with Crippen LogP contribution in [0.1, 0.15) is 34.6 Å². The van der Waals surface area contributed by atoms with Crippen LogP contribution in [0.15, 0.2) is 34.4 Å². The van der Waals surface area contributed by atoms with Gasteiger partial charge in [-0.3, -0.25) is 0 Å². The number of rotatable bonds is 0. The Balaban J connectivity index is 2.39. The molecule has 1 aliphatic heterocycles. The predicted octanol–water partition coefficient (Wildman–Crippen LogP) is 4.64. The van der Waals surface area contributed by atoms with Crippen LogP contribution in [-0.4, -0.2) is 5.16 Å². The second-order valence-electron chi connectivity index (χ2n) is 5.32. The van der Waals surface area contributed by atoms with Crippen molar-refractivity contribution < 1.29 is 0 Å². The van der Waals surface area contributed by atoms with Gasteiger partial charge in [-0.15, -0.1) is 0 Å². The molecule has 76 valence electrons.